The first-order valence-electron chi connectivity index (χ1n) is 3.72. The monoisotopic (exact) mass is 153 g/mol. The summed E-state index contributed by atoms with van der Waals surface area (Å²) >= 11 is 0. The molecule has 0 unspecified atom stereocenters. The number of hydrogen-bond donors (Lipinski definition) is 2. The molecule has 0 aliphatic heterocycles. The van der Waals surface area contributed by atoms with Crippen LogP contribution in [0.15, 0.2) is 30.3 Å². The molecule has 0 saturated carbocycles. The van der Waals surface area contributed by atoms with Crippen LogP contribution in [0.2, 0.25) is 0 Å². The molecule has 62 valence electrons. The Morgan fingerprint density at radius 2 is 1.73 bits per heavy atom. The fourth-order valence-corrected chi connectivity index (χ4v) is 0.453. The fourth-order valence-electron chi connectivity index (χ4n) is 0.453. The summed E-state index contributed by atoms with van der Waals surface area (Å²) in [5.41, 5.74) is 6.18. The Morgan fingerprint density at radius 1 is 1.27 bits per heavy atom. The molecule has 0 atom stereocenters. The lowest BCUT2D eigenvalue weighted by Crippen LogP contribution is -1.79. The minimum atomic E-state index is 0.319. The van der Waals surface area contributed by atoms with E-state index in [0.717, 1.165) is 12.1 Å². The smallest absolute Gasteiger partial charge is 0.0428 e. The van der Waals surface area contributed by atoms with Gasteiger partial charge in [0.15, 0.2) is 0 Å². The molecule has 2 heteroatoms. The molecular weight excluding hydrogens is 138 g/mol. The van der Waals surface area contributed by atoms with E-state index in [-0.39, 0.29) is 0 Å². The molecular formula is C9H15NO. The molecule has 0 aromatic heterocycles. The topological polar surface area (TPSA) is 46.2 Å². The van der Waals surface area contributed by atoms with Crippen molar-refractivity contribution in [1.29, 1.82) is 0 Å². The predicted octanol–water partition coefficient (Wildman–Crippen LogP) is 1.66. The molecule has 0 amide bonds. The van der Waals surface area contributed by atoms with Crippen molar-refractivity contribution in [2.24, 2.45) is 0 Å². The SMILES string of the molecule is CCCO.Nc1ccccc1. The van der Waals surface area contributed by atoms with Crippen LogP contribution >= 0.6 is 0 Å². The van der Waals surface area contributed by atoms with Gasteiger partial charge < -0.3 is 10.8 Å². The molecule has 1 aromatic carbocycles. The van der Waals surface area contributed by atoms with Crippen molar-refractivity contribution in [3.05, 3.63) is 30.3 Å². The Hall–Kier alpha value is -1.02. The lowest BCUT2D eigenvalue weighted by atomic mass is 10.3. The molecule has 0 aliphatic rings. The molecule has 2 nitrogen and oxygen atoms in total. The highest BCUT2D eigenvalue weighted by Gasteiger charge is 1.72. The molecule has 0 saturated heterocycles. The van der Waals surface area contributed by atoms with E-state index in [1.54, 1.807) is 0 Å². The molecule has 0 aliphatic carbocycles. The van der Waals surface area contributed by atoms with Gasteiger partial charge in [-0.2, -0.15) is 0 Å². The van der Waals surface area contributed by atoms with Gasteiger partial charge in [-0.05, 0) is 18.6 Å². The van der Waals surface area contributed by atoms with Gasteiger partial charge in [0.05, 0.1) is 0 Å². The summed E-state index contributed by atoms with van der Waals surface area (Å²) in [4.78, 5) is 0. The molecule has 0 radical (unpaired) electrons. The first-order chi connectivity index (χ1) is 5.31. The van der Waals surface area contributed by atoms with Gasteiger partial charge in [-0.1, -0.05) is 25.1 Å². The number of benzene rings is 1. The van der Waals surface area contributed by atoms with Gasteiger partial charge in [0, 0.05) is 12.3 Å². The second kappa shape index (κ2) is 7.09. The van der Waals surface area contributed by atoms with Crippen LogP contribution in [0, 0.1) is 0 Å². The van der Waals surface area contributed by atoms with Crippen molar-refractivity contribution in [2.45, 2.75) is 13.3 Å². The van der Waals surface area contributed by atoms with Crippen LogP contribution in [0.25, 0.3) is 0 Å². The van der Waals surface area contributed by atoms with Gasteiger partial charge >= 0.3 is 0 Å². The summed E-state index contributed by atoms with van der Waals surface area (Å²) in [5, 5.41) is 7.88. The third kappa shape index (κ3) is 6.87. The van der Waals surface area contributed by atoms with E-state index in [9.17, 15) is 0 Å². The van der Waals surface area contributed by atoms with Crippen molar-refractivity contribution in [3.63, 3.8) is 0 Å². The van der Waals surface area contributed by atoms with Crippen LogP contribution in [0.1, 0.15) is 13.3 Å². The Balaban J connectivity index is 0.000000218. The van der Waals surface area contributed by atoms with E-state index in [4.69, 9.17) is 10.8 Å². The van der Waals surface area contributed by atoms with Crippen molar-refractivity contribution in [3.8, 4) is 0 Å². The first kappa shape index (κ1) is 9.98. The van der Waals surface area contributed by atoms with Gasteiger partial charge in [0.1, 0.15) is 0 Å². The number of para-hydroxylation sites is 1. The van der Waals surface area contributed by atoms with Crippen LogP contribution in [-0.2, 0) is 0 Å². The van der Waals surface area contributed by atoms with E-state index in [1.165, 1.54) is 0 Å². The van der Waals surface area contributed by atoms with Crippen LogP contribution in [0.5, 0.6) is 0 Å². The van der Waals surface area contributed by atoms with Gasteiger partial charge in [-0.15, -0.1) is 0 Å². The van der Waals surface area contributed by atoms with E-state index < -0.39 is 0 Å². The zero-order valence-electron chi connectivity index (χ0n) is 6.83. The van der Waals surface area contributed by atoms with E-state index in [0.29, 0.717) is 6.61 Å². The highest BCUT2D eigenvalue weighted by molar-refractivity contribution is 5.35. The lowest BCUT2D eigenvalue weighted by Gasteiger charge is -1.83. The molecule has 1 rings (SSSR count). The average molecular weight is 153 g/mol. The third-order valence-electron chi connectivity index (χ3n) is 1.02. The van der Waals surface area contributed by atoms with Crippen LogP contribution in [-0.4, -0.2) is 11.7 Å². The second-order valence-electron chi connectivity index (χ2n) is 2.13. The zero-order valence-corrected chi connectivity index (χ0v) is 6.83. The van der Waals surface area contributed by atoms with E-state index >= 15 is 0 Å². The molecule has 0 heterocycles. The van der Waals surface area contributed by atoms with Crippen molar-refractivity contribution in [1.82, 2.24) is 0 Å². The van der Waals surface area contributed by atoms with Crippen molar-refractivity contribution >= 4 is 5.69 Å². The van der Waals surface area contributed by atoms with Crippen LogP contribution < -0.4 is 5.73 Å². The minimum Gasteiger partial charge on any atom is -0.399 e. The number of anilines is 1. The van der Waals surface area contributed by atoms with Gasteiger partial charge in [-0.25, -0.2) is 0 Å². The van der Waals surface area contributed by atoms with E-state index in [1.807, 2.05) is 37.3 Å². The Bertz CT molecular complexity index is 160. The number of aliphatic hydroxyl groups excluding tert-OH is 1. The summed E-state index contributed by atoms with van der Waals surface area (Å²) in [6, 6.07) is 9.49. The zero-order chi connectivity index (χ0) is 8.53. The minimum absolute atomic E-state index is 0.319. The number of nitrogens with two attached hydrogens (primary N) is 1. The quantitative estimate of drug-likeness (QED) is 0.603. The molecule has 0 bridgehead atoms. The predicted molar refractivity (Wildman–Crippen MR) is 48.2 cm³/mol. The lowest BCUT2D eigenvalue weighted by molar-refractivity contribution is 0.295. The Kier molecular flexibility index (Phi) is 6.43. The molecule has 0 fully saturated rings. The molecule has 1 aromatic rings. The fraction of sp³-hybridized carbons (Fsp3) is 0.333. The highest BCUT2D eigenvalue weighted by atomic mass is 16.2. The second-order valence-corrected chi connectivity index (χ2v) is 2.13. The summed E-state index contributed by atoms with van der Waals surface area (Å²) in [5.74, 6) is 0. The third-order valence-corrected chi connectivity index (χ3v) is 1.02. The first-order valence-corrected chi connectivity index (χ1v) is 3.72. The summed E-state index contributed by atoms with van der Waals surface area (Å²) in [6.07, 6.45) is 0.875. The normalized spacial score (nSPS) is 8.18. The Labute approximate surface area is 67.7 Å². The van der Waals surface area contributed by atoms with Crippen molar-refractivity contribution < 1.29 is 5.11 Å². The maximum Gasteiger partial charge on any atom is 0.0428 e. The standard InChI is InChI=1S/C6H7N.C3H8O/c7-6-4-2-1-3-5-6;1-2-3-4/h1-5H,7H2;4H,2-3H2,1H3. The summed E-state index contributed by atoms with van der Waals surface area (Å²) in [7, 11) is 0. The van der Waals surface area contributed by atoms with Gasteiger partial charge in [0.2, 0.25) is 0 Å². The maximum atomic E-state index is 7.88. The number of hydrogen-bond acceptors (Lipinski definition) is 2. The van der Waals surface area contributed by atoms with Gasteiger partial charge in [-0.3, -0.25) is 0 Å². The molecule has 0 spiro atoms. The highest BCUT2D eigenvalue weighted by Crippen LogP contribution is 1.95. The van der Waals surface area contributed by atoms with Gasteiger partial charge in [0.25, 0.3) is 0 Å². The van der Waals surface area contributed by atoms with Crippen LogP contribution in [0.3, 0.4) is 0 Å². The number of aliphatic hydroxyl groups is 1. The number of nitrogen functional groups attached to an aromatic ring is 1. The molecule has 3 N–H and O–H groups in total. The summed E-state index contributed by atoms with van der Waals surface area (Å²) < 4.78 is 0. The maximum absolute atomic E-state index is 7.88. The van der Waals surface area contributed by atoms with Crippen molar-refractivity contribution in [2.75, 3.05) is 12.3 Å². The largest absolute Gasteiger partial charge is 0.399 e. The van der Waals surface area contributed by atoms with Crippen LogP contribution in [0.4, 0.5) is 5.69 Å². The summed E-state index contributed by atoms with van der Waals surface area (Å²) in [6.45, 7) is 2.25. The number of rotatable bonds is 1. The average Bonchev–Trinajstić information content (AvgIpc) is 2.07. The Morgan fingerprint density at radius 3 is 1.91 bits per heavy atom. The molecule has 11 heavy (non-hydrogen) atoms. The van der Waals surface area contributed by atoms with E-state index in [2.05, 4.69) is 0 Å².